The number of benzene rings is 1. The molecule has 9 heteroatoms. The van der Waals surface area contributed by atoms with Crippen LogP contribution in [0.15, 0.2) is 60.9 Å². The number of nitrogens with zero attached hydrogens (tertiary/aromatic N) is 3. The van der Waals surface area contributed by atoms with Crippen LogP contribution < -0.4 is 15.5 Å². The second kappa shape index (κ2) is 11.5. The first-order valence-electron chi connectivity index (χ1n) is 11.3. The third kappa shape index (κ3) is 6.27. The van der Waals surface area contributed by atoms with Crippen molar-refractivity contribution in [3.63, 3.8) is 0 Å². The molecule has 34 heavy (non-hydrogen) atoms. The highest BCUT2D eigenvalue weighted by molar-refractivity contribution is 5.99. The third-order valence-electron chi connectivity index (χ3n) is 5.56. The Morgan fingerprint density at radius 3 is 2.88 bits per heavy atom. The van der Waals surface area contributed by atoms with Gasteiger partial charge in [0.05, 0.1) is 24.9 Å². The Balaban J connectivity index is 1.50. The van der Waals surface area contributed by atoms with Crippen LogP contribution in [0.5, 0.6) is 0 Å². The van der Waals surface area contributed by atoms with Crippen molar-refractivity contribution in [3.05, 3.63) is 83.4 Å². The molecular weight excluding hydrogens is 437 g/mol. The van der Waals surface area contributed by atoms with Crippen molar-refractivity contribution < 1.29 is 19.0 Å². The summed E-state index contributed by atoms with van der Waals surface area (Å²) in [7, 11) is 0. The van der Waals surface area contributed by atoms with Gasteiger partial charge in [0.25, 0.3) is 5.91 Å². The van der Waals surface area contributed by atoms with E-state index in [1.165, 1.54) is 12.1 Å². The highest BCUT2D eigenvalue weighted by Gasteiger charge is 2.22. The van der Waals surface area contributed by atoms with Crippen molar-refractivity contribution in [2.75, 3.05) is 43.1 Å². The van der Waals surface area contributed by atoms with E-state index in [2.05, 4.69) is 15.6 Å². The standard InChI is InChI=1S/C25H28FN5O3/c26-20-5-1-3-18(13-20)8-10-28-24-22(25(33)29-15-19-4-2-9-27-14-19)6-7-23(30-24)31-11-12-34-21(16-31)17-32/h1-7,9,13-14,21,32H,8,10-12,15-17H2,(H,28,30)(H,29,33). The fourth-order valence-corrected chi connectivity index (χ4v) is 3.78. The number of halogens is 1. The van der Waals surface area contributed by atoms with Crippen molar-refractivity contribution in [1.82, 2.24) is 15.3 Å². The Kier molecular flexibility index (Phi) is 8.00. The molecular formula is C25H28FN5O3. The minimum Gasteiger partial charge on any atom is -0.394 e. The molecule has 1 aliphatic rings. The minimum atomic E-state index is -0.279. The summed E-state index contributed by atoms with van der Waals surface area (Å²) in [5.41, 5.74) is 2.16. The lowest BCUT2D eigenvalue weighted by molar-refractivity contribution is 0.00337. The van der Waals surface area contributed by atoms with E-state index in [-0.39, 0.29) is 24.4 Å². The van der Waals surface area contributed by atoms with Crippen molar-refractivity contribution in [2.24, 2.45) is 0 Å². The Morgan fingerprint density at radius 2 is 2.09 bits per heavy atom. The summed E-state index contributed by atoms with van der Waals surface area (Å²) in [5.74, 6) is 0.605. The summed E-state index contributed by atoms with van der Waals surface area (Å²) in [6, 6.07) is 13.7. The van der Waals surface area contributed by atoms with Crippen LogP contribution in [0.4, 0.5) is 16.0 Å². The molecule has 0 spiro atoms. The van der Waals surface area contributed by atoms with Crippen LogP contribution in [0.3, 0.4) is 0 Å². The predicted molar refractivity (Wildman–Crippen MR) is 127 cm³/mol. The zero-order valence-electron chi connectivity index (χ0n) is 18.8. The van der Waals surface area contributed by atoms with E-state index in [4.69, 9.17) is 9.72 Å². The Labute approximate surface area is 197 Å². The summed E-state index contributed by atoms with van der Waals surface area (Å²) in [6.07, 6.45) is 3.68. The molecule has 2 aromatic heterocycles. The lowest BCUT2D eigenvalue weighted by atomic mass is 10.1. The number of morpholine rings is 1. The fraction of sp³-hybridized carbons (Fsp3) is 0.320. The van der Waals surface area contributed by atoms with Gasteiger partial charge in [-0.05, 0) is 47.9 Å². The molecule has 8 nitrogen and oxygen atoms in total. The van der Waals surface area contributed by atoms with E-state index >= 15 is 0 Å². The van der Waals surface area contributed by atoms with Gasteiger partial charge in [0.15, 0.2) is 0 Å². The number of aliphatic hydroxyl groups excluding tert-OH is 1. The first-order valence-corrected chi connectivity index (χ1v) is 11.3. The Morgan fingerprint density at radius 1 is 1.21 bits per heavy atom. The number of carbonyl (C=O) groups is 1. The quantitative estimate of drug-likeness (QED) is 0.446. The summed E-state index contributed by atoms with van der Waals surface area (Å²) in [4.78, 5) is 23.8. The van der Waals surface area contributed by atoms with Gasteiger partial charge in [-0.3, -0.25) is 9.78 Å². The number of hydrogen-bond acceptors (Lipinski definition) is 7. The molecule has 1 amide bonds. The van der Waals surface area contributed by atoms with Crippen molar-refractivity contribution in [3.8, 4) is 0 Å². The van der Waals surface area contributed by atoms with Gasteiger partial charge < -0.3 is 25.4 Å². The topological polar surface area (TPSA) is 99.6 Å². The van der Waals surface area contributed by atoms with Crippen LogP contribution in [0.1, 0.15) is 21.5 Å². The van der Waals surface area contributed by atoms with Gasteiger partial charge >= 0.3 is 0 Å². The van der Waals surface area contributed by atoms with E-state index in [1.807, 2.05) is 23.1 Å². The fourth-order valence-electron chi connectivity index (χ4n) is 3.78. The SMILES string of the molecule is O=C(NCc1cccnc1)c1ccc(N2CCOC(CO)C2)nc1NCCc1cccc(F)c1. The maximum Gasteiger partial charge on any atom is 0.255 e. The Bertz CT molecular complexity index is 1100. The van der Waals surface area contributed by atoms with E-state index in [9.17, 15) is 14.3 Å². The largest absolute Gasteiger partial charge is 0.394 e. The van der Waals surface area contributed by atoms with Gasteiger partial charge in [-0.2, -0.15) is 0 Å². The first-order chi connectivity index (χ1) is 16.6. The molecule has 1 unspecified atom stereocenters. The lowest BCUT2D eigenvalue weighted by Crippen LogP contribution is -2.44. The molecule has 3 heterocycles. The highest BCUT2D eigenvalue weighted by atomic mass is 19.1. The molecule has 0 saturated carbocycles. The normalized spacial score (nSPS) is 15.7. The van der Waals surface area contributed by atoms with Gasteiger partial charge in [-0.1, -0.05) is 18.2 Å². The van der Waals surface area contributed by atoms with Gasteiger partial charge in [0.2, 0.25) is 0 Å². The molecule has 1 atom stereocenters. The first kappa shape index (κ1) is 23.6. The summed E-state index contributed by atoms with van der Waals surface area (Å²) < 4.78 is 19.0. The van der Waals surface area contributed by atoms with Gasteiger partial charge in [0.1, 0.15) is 17.5 Å². The van der Waals surface area contributed by atoms with E-state index in [1.54, 1.807) is 30.6 Å². The minimum absolute atomic E-state index is 0.0654. The lowest BCUT2D eigenvalue weighted by Gasteiger charge is -2.33. The van der Waals surface area contributed by atoms with Crippen LogP contribution >= 0.6 is 0 Å². The number of hydrogen-bond donors (Lipinski definition) is 3. The second-order valence-corrected chi connectivity index (χ2v) is 8.04. The Hall–Kier alpha value is -3.56. The number of amides is 1. The van der Waals surface area contributed by atoms with Gasteiger partial charge in [0, 0.05) is 38.6 Å². The molecule has 1 aromatic carbocycles. The van der Waals surface area contributed by atoms with E-state index < -0.39 is 0 Å². The van der Waals surface area contributed by atoms with Crippen LogP contribution in [0, 0.1) is 5.82 Å². The van der Waals surface area contributed by atoms with Crippen LogP contribution in [-0.2, 0) is 17.7 Å². The monoisotopic (exact) mass is 465 g/mol. The maximum absolute atomic E-state index is 13.5. The molecule has 3 aromatic rings. The van der Waals surface area contributed by atoms with Crippen LogP contribution in [-0.4, -0.2) is 59.9 Å². The van der Waals surface area contributed by atoms with Crippen molar-refractivity contribution in [1.29, 1.82) is 0 Å². The number of rotatable bonds is 9. The van der Waals surface area contributed by atoms with Crippen molar-refractivity contribution >= 4 is 17.5 Å². The predicted octanol–water partition coefficient (Wildman–Crippen LogP) is 2.40. The number of aliphatic hydroxyl groups is 1. The number of aromatic nitrogens is 2. The van der Waals surface area contributed by atoms with Crippen molar-refractivity contribution in [2.45, 2.75) is 19.1 Å². The zero-order chi connectivity index (χ0) is 23.8. The summed E-state index contributed by atoms with van der Waals surface area (Å²) in [5, 5.41) is 15.6. The number of nitrogens with one attached hydrogen (secondary N) is 2. The average molecular weight is 466 g/mol. The number of carbonyl (C=O) groups excluding carboxylic acids is 1. The smallest absolute Gasteiger partial charge is 0.255 e. The molecule has 1 aliphatic heterocycles. The van der Waals surface area contributed by atoms with E-state index in [0.717, 1.165) is 11.1 Å². The summed E-state index contributed by atoms with van der Waals surface area (Å²) >= 11 is 0. The highest BCUT2D eigenvalue weighted by Crippen LogP contribution is 2.22. The molecule has 0 radical (unpaired) electrons. The molecule has 0 bridgehead atoms. The summed E-state index contributed by atoms with van der Waals surface area (Å²) in [6.45, 7) is 2.40. The second-order valence-electron chi connectivity index (χ2n) is 8.04. The molecule has 1 fully saturated rings. The van der Waals surface area contributed by atoms with Gasteiger partial charge in [-0.25, -0.2) is 9.37 Å². The maximum atomic E-state index is 13.5. The molecule has 1 saturated heterocycles. The molecule has 3 N–H and O–H groups in total. The van der Waals surface area contributed by atoms with E-state index in [0.29, 0.717) is 56.4 Å². The van der Waals surface area contributed by atoms with Gasteiger partial charge in [-0.15, -0.1) is 0 Å². The molecule has 178 valence electrons. The third-order valence-corrected chi connectivity index (χ3v) is 5.56. The van der Waals surface area contributed by atoms with Crippen LogP contribution in [0.25, 0.3) is 0 Å². The molecule has 0 aliphatic carbocycles. The number of anilines is 2. The number of pyridine rings is 2. The zero-order valence-corrected chi connectivity index (χ0v) is 18.8. The van der Waals surface area contributed by atoms with Crippen LogP contribution in [0.2, 0.25) is 0 Å². The number of ether oxygens (including phenoxy) is 1. The average Bonchev–Trinajstić information content (AvgIpc) is 2.88. The molecule has 4 rings (SSSR count).